The third kappa shape index (κ3) is 7.39. The Labute approximate surface area is 222 Å². The zero-order valence-corrected chi connectivity index (χ0v) is 22.1. The number of aromatic nitrogens is 3. The number of hydrogen-bond acceptors (Lipinski definition) is 13. The van der Waals surface area contributed by atoms with Gasteiger partial charge in [0.1, 0.15) is 31.0 Å². The number of ether oxygens (including phenoxy) is 2. The Morgan fingerprint density at radius 1 is 1.33 bits per heavy atom. The number of nitrogens with zero attached hydrogens (tertiary/aromatic N) is 3. The molecule has 0 bridgehead atoms. The van der Waals surface area contributed by atoms with E-state index in [4.69, 9.17) is 28.8 Å². The van der Waals surface area contributed by atoms with E-state index < -0.39 is 69.0 Å². The molecule has 0 spiro atoms. The molecule has 16 heteroatoms. The summed E-state index contributed by atoms with van der Waals surface area (Å²) in [4.78, 5) is 31.7. The van der Waals surface area contributed by atoms with E-state index in [-0.39, 0.29) is 11.7 Å². The van der Waals surface area contributed by atoms with E-state index in [2.05, 4.69) is 15.9 Å². The molecular weight excluding hydrogens is 542 g/mol. The summed E-state index contributed by atoms with van der Waals surface area (Å²) in [7, 11) is -4.62. The Kier molecular flexibility index (Phi) is 9.78. The van der Waals surface area contributed by atoms with Crippen molar-refractivity contribution in [2.45, 2.75) is 57.0 Å². The molecule has 0 amide bonds. The van der Waals surface area contributed by atoms with Crippen molar-refractivity contribution < 1.29 is 47.0 Å². The molecule has 2 aromatic rings. The van der Waals surface area contributed by atoms with E-state index in [1.165, 1.54) is 19.1 Å². The smallest absolute Gasteiger partial charge is 0.461 e. The van der Waals surface area contributed by atoms with E-state index >= 15 is 0 Å². The topological polar surface area (TPSA) is 195 Å². The van der Waals surface area contributed by atoms with E-state index in [0.29, 0.717) is 4.57 Å². The van der Waals surface area contributed by atoms with Crippen molar-refractivity contribution in [3.63, 3.8) is 0 Å². The van der Waals surface area contributed by atoms with Crippen molar-refractivity contribution in [2.24, 2.45) is 0 Å². The molecule has 1 aliphatic heterocycles. The number of nitrogen functional groups attached to an aromatic ring is 1. The normalized spacial score (nSPS) is 24.8. The van der Waals surface area contributed by atoms with Crippen LogP contribution in [0.1, 0.15) is 27.0 Å². The van der Waals surface area contributed by atoms with Crippen LogP contribution >= 0.6 is 7.82 Å². The summed E-state index contributed by atoms with van der Waals surface area (Å²) in [6.07, 6.45) is -6.19. The number of rotatable bonds is 10. The Morgan fingerprint density at radius 3 is 2.64 bits per heavy atom. The third-order valence-corrected chi connectivity index (χ3v) is 6.64. The van der Waals surface area contributed by atoms with Crippen molar-refractivity contribution in [2.75, 3.05) is 19.0 Å². The van der Waals surface area contributed by atoms with Gasteiger partial charge in [-0.25, -0.2) is 23.5 Å². The molecule has 1 aliphatic rings. The van der Waals surface area contributed by atoms with Crippen LogP contribution in [-0.4, -0.2) is 74.0 Å². The average Bonchev–Trinajstić information content (AvgIpc) is 3.11. The predicted octanol–water partition coefficient (Wildman–Crippen LogP) is 0.743. The maximum absolute atomic E-state index is 13.6. The molecule has 1 aromatic carbocycles. The number of halogens is 1. The van der Waals surface area contributed by atoms with Crippen LogP contribution < -0.4 is 15.9 Å². The molecule has 4 N–H and O–H groups in total. The van der Waals surface area contributed by atoms with E-state index in [0.717, 1.165) is 6.33 Å². The van der Waals surface area contributed by atoms with Gasteiger partial charge in [-0.2, -0.15) is 4.98 Å². The predicted molar refractivity (Wildman–Crippen MR) is 132 cm³/mol. The first-order chi connectivity index (χ1) is 18.4. The number of benzene rings is 1. The lowest BCUT2D eigenvalue weighted by atomic mass is 9.94. The molecule has 212 valence electrons. The number of phosphoric acid groups is 1. The zero-order chi connectivity index (χ0) is 28.8. The van der Waals surface area contributed by atoms with Gasteiger partial charge >= 0.3 is 19.5 Å². The van der Waals surface area contributed by atoms with Crippen molar-refractivity contribution >= 4 is 19.7 Å². The molecule has 0 saturated carbocycles. The van der Waals surface area contributed by atoms with Crippen LogP contribution in [-0.2, 0) is 27.9 Å². The maximum Gasteiger partial charge on any atom is 0.530 e. The van der Waals surface area contributed by atoms with Gasteiger partial charge in [-0.05, 0) is 32.9 Å². The first kappa shape index (κ1) is 30.2. The monoisotopic (exact) mass is 570 g/mol. The third-order valence-electron chi connectivity index (χ3n) is 5.17. The fourth-order valence-electron chi connectivity index (χ4n) is 3.43. The minimum Gasteiger partial charge on any atom is -0.461 e. The highest BCUT2D eigenvalue weighted by atomic mass is 31.2. The highest BCUT2D eigenvalue weighted by Gasteiger charge is 2.57. The van der Waals surface area contributed by atoms with Gasteiger partial charge in [0.2, 0.25) is 5.95 Å². The van der Waals surface area contributed by atoms with Crippen LogP contribution in [0.5, 0.6) is 5.75 Å². The summed E-state index contributed by atoms with van der Waals surface area (Å²) in [6.45, 7) is 2.54. The number of anilines is 1. The maximum atomic E-state index is 13.6. The van der Waals surface area contributed by atoms with Crippen LogP contribution in [0.2, 0.25) is 0 Å². The highest BCUT2D eigenvalue weighted by Crippen LogP contribution is 2.51. The molecule has 6 atom stereocenters. The van der Waals surface area contributed by atoms with Crippen molar-refractivity contribution in [3.8, 4) is 17.6 Å². The summed E-state index contributed by atoms with van der Waals surface area (Å²) < 4.78 is 53.9. The molecule has 39 heavy (non-hydrogen) atoms. The van der Waals surface area contributed by atoms with Crippen LogP contribution in [0, 0.1) is 11.8 Å². The highest BCUT2D eigenvalue weighted by molar-refractivity contribution is 7.49. The number of carbonyl (C=O) groups is 1. The number of carbonyl (C=O) groups excluding carboxylic acids is 1. The Morgan fingerprint density at radius 2 is 2.03 bits per heavy atom. The fraction of sp³-hybridized carbons (Fsp3) is 0.478. The van der Waals surface area contributed by atoms with Gasteiger partial charge in [0, 0.05) is 0 Å². The number of aliphatic hydroxyl groups excluding tert-OH is 1. The van der Waals surface area contributed by atoms with Crippen molar-refractivity contribution in [1.82, 2.24) is 14.5 Å². The minimum atomic E-state index is -4.62. The summed E-state index contributed by atoms with van der Waals surface area (Å²) in [5.74, 6) is 2.98. The molecule has 2 heterocycles. The minimum absolute atomic E-state index is 0.0620. The quantitative estimate of drug-likeness (QED) is 0.206. The largest absolute Gasteiger partial charge is 0.530 e. The van der Waals surface area contributed by atoms with Crippen molar-refractivity contribution in [3.05, 3.63) is 47.1 Å². The molecule has 14 nitrogen and oxygen atoms in total. The Hall–Kier alpha value is -3.38. The van der Waals surface area contributed by atoms with Gasteiger partial charge in [-0.1, -0.05) is 30.0 Å². The molecular formula is C23H28FN4O10P. The van der Waals surface area contributed by atoms with Gasteiger partial charge in [-0.15, -0.1) is 0 Å². The number of alkyl halides is 1. The van der Waals surface area contributed by atoms with Crippen LogP contribution in [0.3, 0.4) is 0 Å². The molecule has 1 unspecified atom stereocenters. The summed E-state index contributed by atoms with van der Waals surface area (Å²) in [5.41, 5.74) is 1.83. The number of nitrogens with two attached hydrogens (primary N) is 1. The Balaban J connectivity index is 1.88. The van der Waals surface area contributed by atoms with Crippen LogP contribution in [0.4, 0.5) is 10.3 Å². The second-order valence-corrected chi connectivity index (χ2v) is 10.1. The van der Waals surface area contributed by atoms with Gasteiger partial charge in [-0.3, -0.25) is 13.6 Å². The number of phosphoric ester groups is 1. The van der Waals surface area contributed by atoms with E-state index in [9.17, 15) is 28.8 Å². The van der Waals surface area contributed by atoms with E-state index in [1.807, 2.05) is 5.92 Å². The molecule has 1 fully saturated rings. The number of para-hydroxylation sites is 1. The lowest BCUT2D eigenvalue weighted by Crippen LogP contribution is -2.48. The number of hydrogen-bond donors (Lipinski definition) is 3. The average molecular weight is 570 g/mol. The van der Waals surface area contributed by atoms with Gasteiger partial charge in [0.25, 0.3) is 0 Å². The second-order valence-electron chi connectivity index (χ2n) is 8.52. The van der Waals surface area contributed by atoms with Gasteiger partial charge < -0.3 is 29.9 Å². The molecule has 0 aliphatic carbocycles. The molecule has 3 rings (SSSR count). The Bertz CT molecular complexity index is 1320. The molecule has 1 saturated heterocycles. The van der Waals surface area contributed by atoms with Gasteiger partial charge in [0.15, 0.2) is 17.9 Å². The van der Waals surface area contributed by atoms with E-state index in [1.54, 1.807) is 32.0 Å². The fourth-order valence-corrected chi connectivity index (χ4v) is 4.77. The first-order valence-corrected chi connectivity index (χ1v) is 13.0. The number of aliphatic hydroxyl groups is 2. The van der Waals surface area contributed by atoms with Gasteiger partial charge in [0.05, 0.1) is 12.7 Å². The van der Waals surface area contributed by atoms with Crippen LogP contribution in [0.25, 0.3) is 0 Å². The molecule has 0 radical (unpaired) electrons. The summed E-state index contributed by atoms with van der Waals surface area (Å²) in [6, 6.07) is 7.74. The lowest BCUT2D eigenvalue weighted by molar-refractivity contribution is -0.156. The second kappa shape index (κ2) is 12.6. The first-order valence-electron chi connectivity index (χ1n) is 11.6. The summed E-state index contributed by atoms with van der Waals surface area (Å²) in [5, 5.41) is 22.0. The SMILES string of the molecule is CC(C)OC(=O)[C@H](C)O[P@](=O)(OC[C@H]1O[C@@H](n2cnc(N)nc2=O)C(O)(C#CCF)[C@H]1O)Oc1ccccc1. The van der Waals surface area contributed by atoms with Crippen LogP contribution in [0.15, 0.2) is 41.5 Å². The standard InChI is InChI=1S/C23H28FN4O10P/c1-14(2)35-19(30)15(3)37-39(33,38-16-8-5-4-6-9-16)34-12-17-18(29)23(32,10-7-11-24)20(36-17)28-13-26-21(25)27-22(28)31/h4-6,8-9,13-15,17-18,20,29,32H,11-12H2,1-3H3,(H2,25,27,31)/t15-,17+,18-,20+,23?,39-/m0/s1. The zero-order valence-electron chi connectivity index (χ0n) is 21.2. The lowest BCUT2D eigenvalue weighted by Gasteiger charge is -2.26. The molecule has 1 aromatic heterocycles. The summed E-state index contributed by atoms with van der Waals surface area (Å²) >= 11 is 0. The van der Waals surface area contributed by atoms with Crippen molar-refractivity contribution in [1.29, 1.82) is 0 Å². The number of esters is 1.